The van der Waals surface area contributed by atoms with E-state index in [0.717, 1.165) is 57.9 Å². The highest BCUT2D eigenvalue weighted by Gasteiger charge is 2.20. The molecule has 2 aromatic heterocycles. The minimum absolute atomic E-state index is 0.421. The summed E-state index contributed by atoms with van der Waals surface area (Å²) < 4.78 is 5.58. The summed E-state index contributed by atoms with van der Waals surface area (Å²) in [6.07, 6.45) is 3.88. The predicted molar refractivity (Wildman–Crippen MR) is 104 cm³/mol. The summed E-state index contributed by atoms with van der Waals surface area (Å²) in [4.78, 5) is 18.6. The summed E-state index contributed by atoms with van der Waals surface area (Å²) in [6, 6.07) is 17.8. The van der Waals surface area contributed by atoms with E-state index in [1.54, 1.807) is 0 Å². The van der Waals surface area contributed by atoms with E-state index in [1.807, 2.05) is 67.7 Å². The third-order valence-electron chi connectivity index (χ3n) is 4.52. The van der Waals surface area contributed by atoms with Gasteiger partial charge in [0.05, 0.1) is 17.5 Å². The van der Waals surface area contributed by atoms with Gasteiger partial charge >= 0.3 is 0 Å². The number of H-pyrrole nitrogens is 1. The van der Waals surface area contributed by atoms with Crippen LogP contribution in [0.4, 0.5) is 0 Å². The number of rotatable bonds is 6. The third kappa shape index (κ3) is 3.31. The van der Waals surface area contributed by atoms with E-state index in [-0.39, 0.29) is 0 Å². The number of nitrogens with one attached hydrogen (secondary N) is 1. The molecule has 5 nitrogen and oxygen atoms in total. The number of carbonyl (C=O) groups is 1. The molecule has 0 unspecified atom stereocenters. The van der Waals surface area contributed by atoms with Gasteiger partial charge in [0.2, 0.25) is 0 Å². The molecule has 0 aliphatic carbocycles. The molecule has 4 aromatic rings. The van der Waals surface area contributed by atoms with Crippen molar-refractivity contribution in [3.8, 4) is 33.9 Å². The number of aryl methyl sites for hydroxylation is 1. The third-order valence-corrected chi connectivity index (χ3v) is 4.52. The minimum Gasteiger partial charge on any atom is -0.360 e. The second-order valence-corrected chi connectivity index (χ2v) is 6.26. The van der Waals surface area contributed by atoms with Crippen LogP contribution in [-0.4, -0.2) is 21.4 Å². The van der Waals surface area contributed by atoms with Crippen LogP contribution in [0.2, 0.25) is 0 Å². The molecule has 5 heteroatoms. The molecule has 0 amide bonds. The standard InChI is InChI=1S/C22H19N3O2/c1-2-19-20(21(25-27-19)16-6-4-3-5-7-16)18-14-23-22(24-18)17-10-8-15(9-11-17)12-13-26/h3-11,13-14H,2,12H2,1H3,(H,23,24). The molecule has 0 atom stereocenters. The summed E-state index contributed by atoms with van der Waals surface area (Å²) in [6.45, 7) is 2.04. The van der Waals surface area contributed by atoms with Gasteiger partial charge in [0.15, 0.2) is 0 Å². The van der Waals surface area contributed by atoms with Gasteiger partial charge in [-0.2, -0.15) is 0 Å². The summed E-state index contributed by atoms with van der Waals surface area (Å²) >= 11 is 0. The van der Waals surface area contributed by atoms with Crippen molar-refractivity contribution in [2.45, 2.75) is 19.8 Å². The first kappa shape index (κ1) is 17.0. The molecule has 0 radical (unpaired) electrons. The van der Waals surface area contributed by atoms with Crippen molar-refractivity contribution in [1.29, 1.82) is 0 Å². The Balaban J connectivity index is 1.73. The number of hydrogen-bond donors (Lipinski definition) is 1. The second kappa shape index (κ2) is 7.41. The Kier molecular flexibility index (Phi) is 4.66. The molecule has 27 heavy (non-hydrogen) atoms. The van der Waals surface area contributed by atoms with Crippen LogP contribution in [0.15, 0.2) is 65.3 Å². The maximum absolute atomic E-state index is 10.6. The lowest BCUT2D eigenvalue weighted by atomic mass is 10.0. The maximum Gasteiger partial charge on any atom is 0.146 e. The quantitative estimate of drug-likeness (QED) is 0.508. The van der Waals surface area contributed by atoms with Crippen molar-refractivity contribution in [1.82, 2.24) is 15.1 Å². The lowest BCUT2D eigenvalue weighted by Crippen LogP contribution is -1.88. The number of aromatic nitrogens is 3. The molecule has 0 fully saturated rings. The van der Waals surface area contributed by atoms with E-state index >= 15 is 0 Å². The molecule has 134 valence electrons. The predicted octanol–water partition coefficient (Wildman–Crippen LogP) is 4.70. The first-order valence-electron chi connectivity index (χ1n) is 8.92. The van der Waals surface area contributed by atoms with Crippen LogP contribution in [0.1, 0.15) is 18.2 Å². The van der Waals surface area contributed by atoms with E-state index in [2.05, 4.69) is 15.1 Å². The molecule has 1 N–H and O–H groups in total. The van der Waals surface area contributed by atoms with E-state index in [1.165, 1.54) is 0 Å². The highest BCUT2D eigenvalue weighted by atomic mass is 16.5. The SMILES string of the molecule is CCc1onc(-c2ccccc2)c1-c1cnc(-c2ccc(CC=O)cc2)[nH]1. The Bertz CT molecular complexity index is 1050. The highest BCUT2D eigenvalue weighted by molar-refractivity contribution is 5.81. The maximum atomic E-state index is 10.6. The van der Waals surface area contributed by atoms with Crippen LogP contribution in [0.25, 0.3) is 33.9 Å². The Morgan fingerprint density at radius 2 is 1.81 bits per heavy atom. The zero-order valence-electron chi connectivity index (χ0n) is 15.0. The minimum atomic E-state index is 0.421. The lowest BCUT2D eigenvalue weighted by molar-refractivity contribution is -0.107. The number of benzene rings is 2. The summed E-state index contributed by atoms with van der Waals surface area (Å²) in [5.74, 6) is 1.59. The van der Waals surface area contributed by atoms with Gasteiger partial charge < -0.3 is 14.3 Å². The molecule has 0 bridgehead atoms. The van der Waals surface area contributed by atoms with Gasteiger partial charge in [-0.05, 0) is 5.56 Å². The van der Waals surface area contributed by atoms with Crippen LogP contribution >= 0.6 is 0 Å². The van der Waals surface area contributed by atoms with Crippen molar-refractivity contribution < 1.29 is 9.32 Å². The molecule has 0 saturated carbocycles. The second-order valence-electron chi connectivity index (χ2n) is 6.26. The van der Waals surface area contributed by atoms with Gasteiger partial charge in [0.25, 0.3) is 0 Å². The molecular weight excluding hydrogens is 338 g/mol. The average molecular weight is 357 g/mol. The van der Waals surface area contributed by atoms with Gasteiger partial charge in [-0.3, -0.25) is 0 Å². The molecule has 0 saturated heterocycles. The molecule has 0 aliphatic rings. The van der Waals surface area contributed by atoms with E-state index in [9.17, 15) is 4.79 Å². The van der Waals surface area contributed by atoms with Crippen LogP contribution in [0.5, 0.6) is 0 Å². The van der Waals surface area contributed by atoms with Crippen LogP contribution < -0.4 is 0 Å². The van der Waals surface area contributed by atoms with Crippen molar-refractivity contribution in [2.24, 2.45) is 0 Å². The summed E-state index contributed by atoms with van der Waals surface area (Å²) in [5, 5.41) is 4.29. The molecule has 0 aliphatic heterocycles. The number of carbonyl (C=O) groups excluding carboxylic acids is 1. The van der Waals surface area contributed by atoms with Crippen molar-refractivity contribution in [3.63, 3.8) is 0 Å². The normalized spacial score (nSPS) is 10.9. The first-order chi connectivity index (χ1) is 13.3. The van der Waals surface area contributed by atoms with Gasteiger partial charge in [-0.15, -0.1) is 0 Å². The van der Waals surface area contributed by atoms with Crippen molar-refractivity contribution >= 4 is 6.29 Å². The van der Waals surface area contributed by atoms with Crippen LogP contribution in [0, 0.1) is 0 Å². The number of aromatic amines is 1. The summed E-state index contributed by atoms with van der Waals surface area (Å²) in [5.41, 5.74) is 5.58. The fourth-order valence-corrected chi connectivity index (χ4v) is 3.13. The summed E-state index contributed by atoms with van der Waals surface area (Å²) in [7, 11) is 0. The number of imidazole rings is 1. The average Bonchev–Trinajstić information content (AvgIpc) is 3.36. The van der Waals surface area contributed by atoms with Gasteiger partial charge in [0, 0.05) is 24.0 Å². The van der Waals surface area contributed by atoms with Crippen LogP contribution in [-0.2, 0) is 17.6 Å². The Morgan fingerprint density at radius 3 is 2.52 bits per heavy atom. The van der Waals surface area contributed by atoms with Gasteiger partial charge in [-0.25, -0.2) is 4.98 Å². The largest absolute Gasteiger partial charge is 0.360 e. The first-order valence-corrected chi connectivity index (χ1v) is 8.92. The smallest absolute Gasteiger partial charge is 0.146 e. The zero-order valence-corrected chi connectivity index (χ0v) is 15.0. The monoisotopic (exact) mass is 357 g/mol. The lowest BCUT2D eigenvalue weighted by Gasteiger charge is -2.02. The fourth-order valence-electron chi connectivity index (χ4n) is 3.13. The topological polar surface area (TPSA) is 71.8 Å². The van der Waals surface area contributed by atoms with Gasteiger partial charge in [0.1, 0.15) is 23.6 Å². The fraction of sp³-hybridized carbons (Fsp3) is 0.136. The Morgan fingerprint density at radius 1 is 1.04 bits per heavy atom. The highest BCUT2D eigenvalue weighted by Crippen LogP contribution is 2.34. The van der Waals surface area contributed by atoms with Gasteiger partial charge in [-0.1, -0.05) is 66.7 Å². The molecule has 4 rings (SSSR count). The van der Waals surface area contributed by atoms with E-state index in [4.69, 9.17) is 4.52 Å². The van der Waals surface area contributed by atoms with Crippen molar-refractivity contribution in [3.05, 3.63) is 72.1 Å². The zero-order chi connectivity index (χ0) is 18.6. The molecule has 2 heterocycles. The van der Waals surface area contributed by atoms with E-state index < -0.39 is 0 Å². The van der Waals surface area contributed by atoms with Crippen molar-refractivity contribution in [2.75, 3.05) is 0 Å². The Hall–Kier alpha value is -3.47. The number of hydrogen-bond acceptors (Lipinski definition) is 4. The van der Waals surface area contributed by atoms with E-state index in [0.29, 0.717) is 6.42 Å². The number of aldehydes is 1. The molecule has 0 spiro atoms. The molecule has 2 aromatic carbocycles. The number of nitrogens with zero attached hydrogens (tertiary/aromatic N) is 2. The molecular formula is C22H19N3O2. The Labute approximate surface area is 157 Å². The van der Waals surface area contributed by atoms with Crippen LogP contribution in [0.3, 0.4) is 0 Å².